The average Bonchev–Trinajstić information content (AvgIpc) is 2.77. The van der Waals surface area contributed by atoms with Crippen LogP contribution in [0, 0.1) is 5.92 Å². The smallest absolute Gasteiger partial charge is 0.315 e. The van der Waals surface area contributed by atoms with Crippen LogP contribution < -0.4 is 15.4 Å². The van der Waals surface area contributed by atoms with Gasteiger partial charge in [0.15, 0.2) is 0 Å². The lowest BCUT2D eigenvalue weighted by atomic mass is 9.77. The van der Waals surface area contributed by atoms with E-state index in [1.54, 1.807) is 0 Å². The molecule has 0 radical (unpaired) electrons. The van der Waals surface area contributed by atoms with E-state index < -0.39 is 5.60 Å². The predicted octanol–water partition coefficient (Wildman–Crippen LogP) is 2.68. The first-order chi connectivity index (χ1) is 13.7. The molecule has 0 aromatic heterocycles. The van der Waals surface area contributed by atoms with E-state index in [9.17, 15) is 9.90 Å². The molecule has 1 fully saturated rings. The van der Waals surface area contributed by atoms with Gasteiger partial charge < -0.3 is 25.2 Å². The van der Waals surface area contributed by atoms with Crippen LogP contribution in [0.4, 0.5) is 4.79 Å². The summed E-state index contributed by atoms with van der Waals surface area (Å²) in [5.74, 6) is 0.799. The van der Waals surface area contributed by atoms with Crippen LogP contribution in [-0.4, -0.2) is 44.0 Å². The molecule has 150 valence electrons. The Morgan fingerprint density at radius 1 is 1.04 bits per heavy atom. The van der Waals surface area contributed by atoms with E-state index >= 15 is 0 Å². The van der Waals surface area contributed by atoms with Crippen molar-refractivity contribution >= 4 is 6.03 Å². The highest BCUT2D eigenvalue weighted by Gasteiger charge is 2.39. The highest BCUT2D eigenvalue weighted by atomic mass is 16.5. The maximum atomic E-state index is 12.2. The lowest BCUT2D eigenvalue weighted by Gasteiger charge is -2.39. The molecule has 6 heteroatoms. The zero-order valence-corrected chi connectivity index (χ0v) is 16.0. The van der Waals surface area contributed by atoms with Crippen molar-refractivity contribution in [2.75, 3.05) is 32.9 Å². The number of amides is 2. The van der Waals surface area contributed by atoms with Crippen molar-refractivity contribution in [3.8, 4) is 5.75 Å². The van der Waals surface area contributed by atoms with Crippen LogP contribution in [0.1, 0.15) is 18.4 Å². The molecular formula is C22H28N2O4. The summed E-state index contributed by atoms with van der Waals surface area (Å²) in [5.41, 5.74) is -0.308. The number of benzene rings is 2. The summed E-state index contributed by atoms with van der Waals surface area (Å²) in [5, 5.41) is 17.0. The van der Waals surface area contributed by atoms with Gasteiger partial charge in [0.25, 0.3) is 0 Å². The molecule has 0 unspecified atom stereocenters. The van der Waals surface area contributed by atoms with Crippen LogP contribution in [-0.2, 0) is 10.3 Å². The third-order valence-electron chi connectivity index (χ3n) is 5.09. The fraction of sp³-hybridized carbons (Fsp3) is 0.409. The van der Waals surface area contributed by atoms with Gasteiger partial charge in [-0.15, -0.1) is 0 Å². The van der Waals surface area contributed by atoms with Crippen molar-refractivity contribution in [2.24, 2.45) is 5.92 Å². The summed E-state index contributed by atoms with van der Waals surface area (Å²) in [6.07, 6.45) is 1.53. The molecule has 3 N–H and O–H groups in total. The Labute approximate surface area is 165 Å². The molecule has 1 aliphatic heterocycles. The number of hydrogen-bond acceptors (Lipinski definition) is 4. The van der Waals surface area contributed by atoms with Crippen LogP contribution in [0.3, 0.4) is 0 Å². The molecule has 3 rings (SSSR count). The number of hydrogen-bond donors (Lipinski definition) is 3. The fourth-order valence-corrected chi connectivity index (χ4v) is 3.51. The molecule has 1 atom stereocenters. The number of ether oxygens (including phenoxy) is 2. The van der Waals surface area contributed by atoms with Gasteiger partial charge in [0, 0.05) is 13.2 Å². The third kappa shape index (κ3) is 5.47. The number of urea groups is 1. The van der Waals surface area contributed by atoms with E-state index in [0.29, 0.717) is 26.4 Å². The number of aliphatic hydroxyl groups is 1. The first-order valence-electron chi connectivity index (χ1n) is 9.74. The molecule has 6 nitrogen and oxygen atoms in total. The largest absolute Gasteiger partial charge is 0.492 e. The van der Waals surface area contributed by atoms with Gasteiger partial charge in [0.05, 0.1) is 13.1 Å². The summed E-state index contributed by atoms with van der Waals surface area (Å²) < 4.78 is 11.0. The highest BCUT2D eigenvalue weighted by Crippen LogP contribution is 2.35. The lowest BCUT2D eigenvalue weighted by Crippen LogP contribution is -2.50. The zero-order chi connectivity index (χ0) is 19.7. The van der Waals surface area contributed by atoms with Gasteiger partial charge >= 0.3 is 6.03 Å². The van der Waals surface area contributed by atoms with E-state index in [1.165, 1.54) is 0 Å². The summed E-state index contributed by atoms with van der Waals surface area (Å²) >= 11 is 0. The van der Waals surface area contributed by atoms with E-state index in [-0.39, 0.29) is 18.5 Å². The minimum atomic E-state index is -1.12. The average molecular weight is 384 g/mol. The molecule has 0 spiro atoms. The minimum Gasteiger partial charge on any atom is -0.492 e. The van der Waals surface area contributed by atoms with E-state index in [0.717, 1.165) is 24.2 Å². The van der Waals surface area contributed by atoms with Crippen LogP contribution in [0.15, 0.2) is 60.7 Å². The number of para-hydroxylation sites is 1. The van der Waals surface area contributed by atoms with Crippen LogP contribution in [0.5, 0.6) is 5.75 Å². The van der Waals surface area contributed by atoms with E-state index in [4.69, 9.17) is 9.47 Å². The fourth-order valence-electron chi connectivity index (χ4n) is 3.51. The Morgan fingerprint density at radius 3 is 2.36 bits per heavy atom. The number of carbonyl (C=O) groups excluding carboxylic acids is 1. The van der Waals surface area contributed by atoms with Gasteiger partial charge in [-0.25, -0.2) is 4.79 Å². The zero-order valence-electron chi connectivity index (χ0n) is 16.0. The van der Waals surface area contributed by atoms with E-state index in [2.05, 4.69) is 10.6 Å². The second-order valence-corrected chi connectivity index (χ2v) is 6.95. The molecule has 2 aromatic carbocycles. The van der Waals surface area contributed by atoms with Gasteiger partial charge in [0.1, 0.15) is 18.0 Å². The van der Waals surface area contributed by atoms with Gasteiger partial charge in [-0.05, 0) is 36.5 Å². The Hall–Kier alpha value is -2.57. The van der Waals surface area contributed by atoms with Crippen molar-refractivity contribution in [3.63, 3.8) is 0 Å². The molecular weight excluding hydrogens is 356 g/mol. The number of nitrogens with one attached hydrogen (secondary N) is 2. The Balaban J connectivity index is 1.50. The molecule has 1 saturated heterocycles. The Kier molecular flexibility index (Phi) is 7.28. The third-order valence-corrected chi connectivity index (χ3v) is 5.09. The second-order valence-electron chi connectivity index (χ2n) is 6.95. The van der Waals surface area contributed by atoms with Crippen molar-refractivity contribution < 1.29 is 19.4 Å². The minimum absolute atomic E-state index is 0.0327. The maximum absolute atomic E-state index is 12.2. The normalized spacial score (nSPS) is 16.8. The summed E-state index contributed by atoms with van der Waals surface area (Å²) in [7, 11) is 0. The molecule has 0 aliphatic carbocycles. The van der Waals surface area contributed by atoms with Crippen molar-refractivity contribution in [2.45, 2.75) is 18.4 Å². The van der Waals surface area contributed by atoms with Gasteiger partial charge in [-0.2, -0.15) is 0 Å². The van der Waals surface area contributed by atoms with Crippen LogP contribution in [0.2, 0.25) is 0 Å². The molecule has 0 saturated carbocycles. The quantitative estimate of drug-likeness (QED) is 0.612. The van der Waals surface area contributed by atoms with Crippen LogP contribution >= 0.6 is 0 Å². The van der Waals surface area contributed by atoms with E-state index in [1.807, 2.05) is 60.7 Å². The van der Waals surface area contributed by atoms with Gasteiger partial charge in [-0.1, -0.05) is 48.5 Å². The summed E-state index contributed by atoms with van der Waals surface area (Å²) in [6.45, 7) is 2.15. The predicted molar refractivity (Wildman–Crippen MR) is 107 cm³/mol. The Bertz CT molecular complexity index is 720. The molecule has 2 aromatic rings. The SMILES string of the molecule is O=C(NCCOc1ccccc1)NC[C@](O)(c1ccccc1)C1CCOCC1. The molecule has 28 heavy (non-hydrogen) atoms. The molecule has 0 bridgehead atoms. The number of carbonyl (C=O) groups is 1. The molecule has 1 heterocycles. The monoisotopic (exact) mass is 384 g/mol. The second kappa shape index (κ2) is 10.1. The first-order valence-corrected chi connectivity index (χ1v) is 9.74. The van der Waals surface area contributed by atoms with Gasteiger partial charge in [0.2, 0.25) is 0 Å². The standard InChI is InChI=1S/C22H28N2O4/c25-21(23-13-16-28-20-9-5-2-6-10-20)24-17-22(26,18-7-3-1-4-8-18)19-11-14-27-15-12-19/h1-10,19,26H,11-17H2,(H2,23,24,25)/t22-/m0/s1. The van der Waals surface area contributed by atoms with Crippen molar-refractivity contribution in [1.82, 2.24) is 10.6 Å². The number of rotatable bonds is 8. The lowest BCUT2D eigenvalue weighted by molar-refractivity contribution is -0.0676. The highest BCUT2D eigenvalue weighted by molar-refractivity contribution is 5.73. The van der Waals surface area contributed by atoms with Crippen molar-refractivity contribution in [1.29, 1.82) is 0 Å². The summed E-state index contributed by atoms with van der Waals surface area (Å²) in [6, 6.07) is 18.7. The molecule has 1 aliphatic rings. The van der Waals surface area contributed by atoms with Crippen LogP contribution in [0.25, 0.3) is 0 Å². The first kappa shape index (κ1) is 20.2. The van der Waals surface area contributed by atoms with Gasteiger partial charge in [-0.3, -0.25) is 0 Å². The summed E-state index contributed by atoms with van der Waals surface area (Å²) in [4.78, 5) is 12.2. The maximum Gasteiger partial charge on any atom is 0.315 e. The topological polar surface area (TPSA) is 79.8 Å². The molecule has 2 amide bonds. The van der Waals surface area contributed by atoms with Crippen molar-refractivity contribution in [3.05, 3.63) is 66.2 Å². The Morgan fingerprint density at radius 2 is 1.68 bits per heavy atom.